The van der Waals surface area contributed by atoms with E-state index in [2.05, 4.69) is 33.4 Å². The Kier molecular flexibility index (Phi) is 6.48. The molecule has 1 N–H and O–H groups in total. The van der Waals surface area contributed by atoms with Gasteiger partial charge in [0.1, 0.15) is 5.60 Å². The van der Waals surface area contributed by atoms with Gasteiger partial charge in [-0.1, -0.05) is 28.1 Å². The van der Waals surface area contributed by atoms with Crippen LogP contribution in [-0.2, 0) is 11.3 Å². The van der Waals surface area contributed by atoms with Gasteiger partial charge in [0.05, 0.1) is 0 Å². The first-order chi connectivity index (χ1) is 10.8. The maximum atomic E-state index is 12.4. The zero-order chi connectivity index (χ0) is 16.9. The van der Waals surface area contributed by atoms with E-state index in [-0.39, 0.29) is 12.1 Å². The average Bonchev–Trinajstić information content (AvgIpc) is 2.48. The van der Waals surface area contributed by atoms with Crippen molar-refractivity contribution in [1.82, 2.24) is 10.2 Å². The molecule has 1 unspecified atom stereocenters. The van der Waals surface area contributed by atoms with Crippen LogP contribution < -0.4 is 5.32 Å². The number of piperidine rings is 1. The van der Waals surface area contributed by atoms with Gasteiger partial charge in [-0.2, -0.15) is 0 Å². The molecule has 0 radical (unpaired) electrons. The molecule has 2 rings (SSSR count). The summed E-state index contributed by atoms with van der Waals surface area (Å²) >= 11 is 3.45. The first-order valence-corrected chi connectivity index (χ1v) is 9.09. The Labute approximate surface area is 147 Å². The molecule has 0 spiro atoms. The van der Waals surface area contributed by atoms with Crippen molar-refractivity contribution in [3.05, 3.63) is 34.3 Å². The summed E-state index contributed by atoms with van der Waals surface area (Å²) in [5, 5.41) is 3.47. The lowest BCUT2D eigenvalue weighted by molar-refractivity contribution is 0.00993. The Morgan fingerprint density at radius 3 is 2.65 bits per heavy atom. The van der Waals surface area contributed by atoms with Crippen LogP contribution in [0.4, 0.5) is 4.79 Å². The van der Waals surface area contributed by atoms with Crippen LogP contribution in [0.1, 0.15) is 45.6 Å². The fraction of sp³-hybridized carbons (Fsp3) is 0.611. The first kappa shape index (κ1) is 18.3. The van der Waals surface area contributed by atoms with Gasteiger partial charge in [-0.15, -0.1) is 0 Å². The van der Waals surface area contributed by atoms with E-state index < -0.39 is 5.60 Å². The first-order valence-electron chi connectivity index (χ1n) is 8.30. The van der Waals surface area contributed by atoms with E-state index in [1.165, 1.54) is 12.0 Å². The summed E-state index contributed by atoms with van der Waals surface area (Å²) in [6.07, 6.45) is 3.08. The monoisotopic (exact) mass is 382 g/mol. The van der Waals surface area contributed by atoms with Crippen molar-refractivity contribution >= 4 is 22.0 Å². The minimum Gasteiger partial charge on any atom is -0.444 e. The molecule has 0 bridgehead atoms. The van der Waals surface area contributed by atoms with Crippen LogP contribution >= 0.6 is 15.9 Å². The topological polar surface area (TPSA) is 41.6 Å². The molecule has 1 aromatic rings. The second-order valence-corrected chi connectivity index (χ2v) is 8.00. The number of hydrogen-bond acceptors (Lipinski definition) is 3. The molecule has 0 aromatic heterocycles. The number of amides is 1. The smallest absolute Gasteiger partial charge is 0.410 e. The van der Waals surface area contributed by atoms with Crippen LogP contribution in [0.2, 0.25) is 0 Å². The third-order valence-electron chi connectivity index (χ3n) is 3.88. The van der Waals surface area contributed by atoms with Gasteiger partial charge >= 0.3 is 6.09 Å². The third-order valence-corrected chi connectivity index (χ3v) is 4.41. The van der Waals surface area contributed by atoms with Crippen molar-refractivity contribution in [2.45, 2.75) is 58.2 Å². The van der Waals surface area contributed by atoms with Crippen molar-refractivity contribution in [3.8, 4) is 0 Å². The van der Waals surface area contributed by atoms with Gasteiger partial charge in [0.15, 0.2) is 0 Å². The van der Waals surface area contributed by atoms with Crippen LogP contribution in [-0.4, -0.2) is 35.7 Å². The van der Waals surface area contributed by atoms with E-state index >= 15 is 0 Å². The van der Waals surface area contributed by atoms with Crippen molar-refractivity contribution < 1.29 is 9.53 Å². The largest absolute Gasteiger partial charge is 0.444 e. The summed E-state index contributed by atoms with van der Waals surface area (Å²) < 4.78 is 6.63. The van der Waals surface area contributed by atoms with Crippen molar-refractivity contribution in [2.75, 3.05) is 13.1 Å². The molecule has 1 atom stereocenters. The summed E-state index contributed by atoms with van der Waals surface area (Å²) in [5.41, 5.74) is 0.803. The predicted octanol–water partition coefficient (Wildman–Crippen LogP) is 4.33. The Morgan fingerprint density at radius 2 is 2.00 bits per heavy atom. The maximum Gasteiger partial charge on any atom is 0.410 e. The Balaban J connectivity index is 1.86. The number of carbonyl (C=O) groups is 1. The lowest BCUT2D eigenvalue weighted by atomic mass is 10.0. The van der Waals surface area contributed by atoms with E-state index in [4.69, 9.17) is 4.74 Å². The van der Waals surface area contributed by atoms with Gasteiger partial charge in [-0.25, -0.2) is 4.79 Å². The lowest BCUT2D eigenvalue weighted by Crippen LogP contribution is -2.50. The van der Waals surface area contributed by atoms with Gasteiger partial charge in [0.2, 0.25) is 0 Å². The summed E-state index contributed by atoms with van der Waals surface area (Å²) in [5.74, 6) is 0. The molecule has 4 nitrogen and oxygen atoms in total. The predicted molar refractivity (Wildman–Crippen MR) is 96.4 cm³/mol. The standard InChI is InChI=1S/C18H27BrN2O2/c1-18(2,3)23-17(22)21-11-5-4-6-16(21)13-20-12-14-7-9-15(19)10-8-14/h7-10,16,20H,4-6,11-13H2,1-3H3. The van der Waals surface area contributed by atoms with Crippen molar-refractivity contribution in [1.29, 1.82) is 0 Å². The number of likely N-dealkylation sites (tertiary alicyclic amines) is 1. The molecule has 1 aromatic carbocycles. The number of carbonyl (C=O) groups excluding carboxylic acids is 1. The maximum absolute atomic E-state index is 12.4. The van der Waals surface area contributed by atoms with Crippen molar-refractivity contribution in [2.24, 2.45) is 0 Å². The van der Waals surface area contributed by atoms with Gasteiger partial charge in [-0.05, 0) is 57.7 Å². The van der Waals surface area contributed by atoms with Crippen LogP contribution in [0.3, 0.4) is 0 Å². The number of rotatable bonds is 4. The Morgan fingerprint density at radius 1 is 1.30 bits per heavy atom. The lowest BCUT2D eigenvalue weighted by Gasteiger charge is -2.37. The molecule has 1 heterocycles. The Hall–Kier alpha value is -1.07. The highest BCUT2D eigenvalue weighted by molar-refractivity contribution is 9.10. The average molecular weight is 383 g/mol. The van der Waals surface area contributed by atoms with E-state index in [1.807, 2.05) is 37.8 Å². The number of benzene rings is 1. The highest BCUT2D eigenvalue weighted by Crippen LogP contribution is 2.20. The molecule has 5 heteroatoms. The summed E-state index contributed by atoms with van der Waals surface area (Å²) in [6, 6.07) is 8.51. The molecule has 23 heavy (non-hydrogen) atoms. The normalized spacial score (nSPS) is 18.8. The summed E-state index contributed by atoms with van der Waals surface area (Å²) in [6.45, 7) is 8.14. The number of nitrogens with one attached hydrogen (secondary N) is 1. The van der Waals surface area contributed by atoms with E-state index in [1.54, 1.807) is 0 Å². The fourth-order valence-corrected chi connectivity index (χ4v) is 3.02. The van der Waals surface area contributed by atoms with Crippen LogP contribution in [0.5, 0.6) is 0 Å². The van der Waals surface area contributed by atoms with Crippen LogP contribution in [0.25, 0.3) is 0 Å². The highest BCUT2D eigenvalue weighted by Gasteiger charge is 2.30. The summed E-state index contributed by atoms with van der Waals surface area (Å²) in [7, 11) is 0. The minimum atomic E-state index is -0.441. The molecule has 1 saturated heterocycles. The van der Waals surface area contributed by atoms with Gasteiger partial charge in [-0.3, -0.25) is 0 Å². The highest BCUT2D eigenvalue weighted by atomic mass is 79.9. The fourth-order valence-electron chi connectivity index (χ4n) is 2.76. The number of hydrogen-bond donors (Lipinski definition) is 1. The molecule has 0 saturated carbocycles. The third kappa shape index (κ3) is 6.15. The number of nitrogens with zero attached hydrogens (tertiary/aromatic N) is 1. The second kappa shape index (κ2) is 8.15. The zero-order valence-corrected chi connectivity index (χ0v) is 15.9. The number of ether oxygens (including phenoxy) is 1. The summed E-state index contributed by atoms with van der Waals surface area (Å²) in [4.78, 5) is 14.3. The minimum absolute atomic E-state index is 0.187. The zero-order valence-electron chi connectivity index (χ0n) is 14.3. The van der Waals surface area contributed by atoms with Crippen LogP contribution in [0, 0.1) is 0 Å². The van der Waals surface area contributed by atoms with Crippen LogP contribution in [0.15, 0.2) is 28.7 Å². The van der Waals surface area contributed by atoms with E-state index in [0.29, 0.717) is 0 Å². The molecule has 1 aliphatic heterocycles. The van der Waals surface area contributed by atoms with E-state index in [0.717, 1.165) is 36.9 Å². The molecule has 0 aliphatic carbocycles. The van der Waals surface area contributed by atoms with Gasteiger partial charge in [0, 0.05) is 30.1 Å². The molecular weight excluding hydrogens is 356 g/mol. The molecular formula is C18H27BrN2O2. The Bertz CT molecular complexity index is 511. The second-order valence-electron chi connectivity index (χ2n) is 7.08. The SMILES string of the molecule is CC(C)(C)OC(=O)N1CCCCC1CNCc1ccc(Br)cc1. The van der Waals surface area contributed by atoms with Crippen molar-refractivity contribution in [3.63, 3.8) is 0 Å². The van der Waals surface area contributed by atoms with Gasteiger partial charge in [0.25, 0.3) is 0 Å². The number of halogens is 1. The molecule has 1 fully saturated rings. The molecule has 128 valence electrons. The van der Waals surface area contributed by atoms with Gasteiger partial charge < -0.3 is 15.0 Å². The quantitative estimate of drug-likeness (QED) is 0.842. The molecule has 1 aliphatic rings. The van der Waals surface area contributed by atoms with E-state index in [9.17, 15) is 4.79 Å². The molecule has 1 amide bonds.